The van der Waals surface area contributed by atoms with Crippen molar-refractivity contribution in [1.29, 1.82) is 0 Å². The Morgan fingerprint density at radius 3 is 2.44 bits per heavy atom. The maximum Gasteiger partial charge on any atom is 0.226 e. The zero-order valence-corrected chi connectivity index (χ0v) is 19.5. The summed E-state index contributed by atoms with van der Waals surface area (Å²) < 4.78 is 18.7. The van der Waals surface area contributed by atoms with Crippen LogP contribution in [0.3, 0.4) is 0 Å². The predicted molar refractivity (Wildman–Crippen MR) is 122 cm³/mol. The Labute approximate surface area is 194 Å². The van der Waals surface area contributed by atoms with Gasteiger partial charge in [0.25, 0.3) is 0 Å². The van der Waals surface area contributed by atoms with Crippen LogP contribution in [0.15, 0.2) is 52.0 Å². The minimum atomic E-state index is 0.228. The summed E-state index contributed by atoms with van der Waals surface area (Å²) in [6.45, 7) is 4.16. The number of aromatic nitrogens is 5. The first-order chi connectivity index (χ1) is 15.6. The standard InChI is InChI=1S/C22H22ClN5O3S/c1-4-20-25-26-21(31-20)13-32-22-27-24-19(12-30-17-9-7-16(29-3)8-10-17)28(22)15-6-5-14(2)18(23)11-15/h5-11H,4,12-13H2,1-3H3. The Morgan fingerprint density at radius 2 is 1.75 bits per heavy atom. The van der Waals surface area contributed by atoms with Gasteiger partial charge < -0.3 is 13.9 Å². The second-order valence-corrected chi connectivity index (χ2v) is 8.21. The lowest BCUT2D eigenvalue weighted by atomic mass is 10.2. The van der Waals surface area contributed by atoms with E-state index in [1.807, 2.05) is 60.9 Å². The highest BCUT2D eigenvalue weighted by Gasteiger charge is 2.17. The summed E-state index contributed by atoms with van der Waals surface area (Å²) in [5.74, 6) is 3.74. The van der Waals surface area contributed by atoms with Gasteiger partial charge in [-0.05, 0) is 48.9 Å². The molecule has 166 valence electrons. The monoisotopic (exact) mass is 471 g/mol. The summed E-state index contributed by atoms with van der Waals surface area (Å²) in [6.07, 6.45) is 0.697. The third-order valence-electron chi connectivity index (χ3n) is 4.68. The number of benzene rings is 2. The summed E-state index contributed by atoms with van der Waals surface area (Å²) >= 11 is 7.85. The number of ether oxygens (including phenoxy) is 2. The quantitative estimate of drug-likeness (QED) is 0.313. The molecule has 4 rings (SSSR count). The van der Waals surface area contributed by atoms with Crippen LogP contribution in [0.4, 0.5) is 0 Å². The molecule has 2 aromatic heterocycles. The molecule has 0 radical (unpaired) electrons. The van der Waals surface area contributed by atoms with E-state index in [0.29, 0.717) is 45.7 Å². The molecule has 0 spiro atoms. The average molecular weight is 472 g/mol. The Balaban J connectivity index is 1.59. The van der Waals surface area contributed by atoms with Gasteiger partial charge in [0.1, 0.15) is 18.1 Å². The van der Waals surface area contributed by atoms with E-state index in [4.69, 9.17) is 25.5 Å². The SMILES string of the molecule is CCc1nnc(CSc2nnc(COc3ccc(OC)cc3)n2-c2ccc(C)c(Cl)c2)o1. The second kappa shape index (κ2) is 10.1. The van der Waals surface area contributed by atoms with E-state index in [9.17, 15) is 0 Å². The summed E-state index contributed by atoms with van der Waals surface area (Å²) in [5, 5.41) is 18.2. The van der Waals surface area contributed by atoms with E-state index in [1.165, 1.54) is 11.8 Å². The topological polar surface area (TPSA) is 88.1 Å². The average Bonchev–Trinajstić information content (AvgIpc) is 3.45. The van der Waals surface area contributed by atoms with Crippen molar-refractivity contribution in [3.8, 4) is 17.2 Å². The fraction of sp³-hybridized carbons (Fsp3) is 0.273. The van der Waals surface area contributed by atoms with Crippen molar-refractivity contribution >= 4 is 23.4 Å². The first-order valence-electron chi connectivity index (χ1n) is 9.99. The highest BCUT2D eigenvalue weighted by atomic mass is 35.5. The summed E-state index contributed by atoms with van der Waals surface area (Å²) in [7, 11) is 1.63. The molecule has 10 heteroatoms. The van der Waals surface area contributed by atoms with Gasteiger partial charge in [-0.1, -0.05) is 36.4 Å². The van der Waals surface area contributed by atoms with Crippen molar-refractivity contribution in [3.05, 3.63) is 70.7 Å². The van der Waals surface area contributed by atoms with E-state index < -0.39 is 0 Å². The van der Waals surface area contributed by atoms with Crippen LogP contribution in [-0.4, -0.2) is 32.1 Å². The molecule has 0 aliphatic rings. The van der Waals surface area contributed by atoms with E-state index in [-0.39, 0.29) is 6.61 Å². The van der Waals surface area contributed by atoms with Gasteiger partial charge in [0, 0.05) is 11.4 Å². The third-order valence-corrected chi connectivity index (χ3v) is 6.00. The Bertz CT molecular complexity index is 1190. The van der Waals surface area contributed by atoms with Gasteiger partial charge in [0.15, 0.2) is 11.0 Å². The molecule has 0 fully saturated rings. The maximum atomic E-state index is 6.39. The zero-order chi connectivity index (χ0) is 22.5. The fourth-order valence-corrected chi connectivity index (χ4v) is 3.89. The zero-order valence-electron chi connectivity index (χ0n) is 17.9. The van der Waals surface area contributed by atoms with Gasteiger partial charge in [-0.3, -0.25) is 4.57 Å². The Hall–Kier alpha value is -3.04. The number of halogens is 1. The van der Waals surface area contributed by atoms with Gasteiger partial charge >= 0.3 is 0 Å². The van der Waals surface area contributed by atoms with Crippen molar-refractivity contribution in [2.75, 3.05) is 7.11 Å². The fourth-order valence-electron chi connectivity index (χ4n) is 2.90. The number of hydrogen-bond acceptors (Lipinski definition) is 8. The molecule has 2 aromatic carbocycles. The molecule has 0 atom stereocenters. The van der Waals surface area contributed by atoms with Crippen LogP contribution in [0.2, 0.25) is 5.02 Å². The molecule has 0 amide bonds. The summed E-state index contributed by atoms with van der Waals surface area (Å²) in [4.78, 5) is 0. The molecule has 0 saturated carbocycles. The maximum absolute atomic E-state index is 6.39. The lowest BCUT2D eigenvalue weighted by molar-refractivity contribution is 0.292. The van der Waals surface area contributed by atoms with Crippen LogP contribution in [0.5, 0.6) is 11.5 Å². The van der Waals surface area contributed by atoms with Crippen molar-refractivity contribution in [2.24, 2.45) is 0 Å². The number of thioether (sulfide) groups is 1. The molecule has 0 aliphatic heterocycles. The third kappa shape index (κ3) is 5.05. The van der Waals surface area contributed by atoms with Crippen LogP contribution in [-0.2, 0) is 18.8 Å². The van der Waals surface area contributed by atoms with Gasteiger partial charge in [0.2, 0.25) is 11.8 Å². The molecule has 8 nitrogen and oxygen atoms in total. The van der Waals surface area contributed by atoms with Crippen LogP contribution in [0.25, 0.3) is 5.69 Å². The molecule has 32 heavy (non-hydrogen) atoms. The first kappa shape index (κ1) is 22.2. The van der Waals surface area contributed by atoms with Crippen molar-refractivity contribution < 1.29 is 13.9 Å². The Kier molecular flexibility index (Phi) is 6.96. The number of aryl methyl sites for hydroxylation is 2. The van der Waals surface area contributed by atoms with E-state index in [0.717, 1.165) is 17.0 Å². The van der Waals surface area contributed by atoms with Gasteiger partial charge in [-0.2, -0.15) is 0 Å². The largest absolute Gasteiger partial charge is 0.497 e. The number of nitrogens with zero attached hydrogens (tertiary/aromatic N) is 5. The van der Waals surface area contributed by atoms with Crippen LogP contribution in [0.1, 0.15) is 30.1 Å². The second-order valence-electron chi connectivity index (χ2n) is 6.86. The smallest absolute Gasteiger partial charge is 0.226 e. The molecular weight excluding hydrogens is 450 g/mol. The molecule has 0 unspecified atom stereocenters. The Morgan fingerprint density at radius 1 is 1.00 bits per heavy atom. The molecule has 0 saturated heterocycles. The summed E-state index contributed by atoms with van der Waals surface area (Å²) in [6, 6.07) is 13.2. The normalized spacial score (nSPS) is 11.0. The minimum Gasteiger partial charge on any atom is -0.497 e. The van der Waals surface area contributed by atoms with Gasteiger partial charge in [0.05, 0.1) is 18.6 Å². The van der Waals surface area contributed by atoms with Crippen LogP contribution in [0, 0.1) is 6.92 Å². The van der Waals surface area contributed by atoms with Gasteiger partial charge in [-0.15, -0.1) is 20.4 Å². The molecule has 0 aliphatic carbocycles. The number of methoxy groups -OCH3 is 1. The van der Waals surface area contributed by atoms with Crippen LogP contribution >= 0.6 is 23.4 Å². The summed E-state index contributed by atoms with van der Waals surface area (Å²) in [5.41, 5.74) is 1.84. The molecule has 2 heterocycles. The number of rotatable bonds is 9. The lowest BCUT2D eigenvalue weighted by Gasteiger charge is -2.12. The molecule has 0 N–H and O–H groups in total. The molecule has 0 bridgehead atoms. The highest BCUT2D eigenvalue weighted by molar-refractivity contribution is 7.98. The van der Waals surface area contributed by atoms with E-state index in [1.54, 1.807) is 7.11 Å². The van der Waals surface area contributed by atoms with Crippen molar-refractivity contribution in [1.82, 2.24) is 25.0 Å². The predicted octanol–water partition coefficient (Wildman–Crippen LogP) is 5.05. The van der Waals surface area contributed by atoms with Crippen molar-refractivity contribution in [3.63, 3.8) is 0 Å². The van der Waals surface area contributed by atoms with E-state index in [2.05, 4.69) is 20.4 Å². The van der Waals surface area contributed by atoms with Crippen LogP contribution < -0.4 is 9.47 Å². The molecule has 4 aromatic rings. The highest BCUT2D eigenvalue weighted by Crippen LogP contribution is 2.28. The minimum absolute atomic E-state index is 0.228. The van der Waals surface area contributed by atoms with Crippen molar-refractivity contribution in [2.45, 2.75) is 37.8 Å². The lowest BCUT2D eigenvalue weighted by Crippen LogP contribution is -2.07. The first-order valence-corrected chi connectivity index (χ1v) is 11.4. The number of hydrogen-bond donors (Lipinski definition) is 0. The molecular formula is C22H22ClN5O3S. The van der Waals surface area contributed by atoms with Gasteiger partial charge in [-0.25, -0.2) is 0 Å². The van der Waals surface area contributed by atoms with E-state index >= 15 is 0 Å².